The van der Waals surface area contributed by atoms with E-state index in [0.29, 0.717) is 12.5 Å². The first-order chi connectivity index (χ1) is 12.2. The number of guanidine groups is 1. The Morgan fingerprint density at radius 1 is 1.36 bits per heavy atom. The van der Waals surface area contributed by atoms with Crippen LogP contribution in [0.25, 0.3) is 0 Å². The van der Waals surface area contributed by atoms with E-state index in [-0.39, 0.29) is 0 Å². The molecule has 2 N–H and O–H groups in total. The molecule has 1 heterocycles. The minimum atomic E-state index is 0.576. The Kier molecular flexibility index (Phi) is 8.55. The zero-order valence-corrected chi connectivity index (χ0v) is 15.6. The molecule has 1 aromatic carbocycles. The van der Waals surface area contributed by atoms with Crippen molar-refractivity contribution < 1.29 is 14.2 Å². The highest BCUT2D eigenvalue weighted by atomic mass is 16.5. The van der Waals surface area contributed by atoms with Gasteiger partial charge in [-0.3, -0.25) is 4.99 Å². The predicted molar refractivity (Wildman–Crippen MR) is 100 cm³/mol. The summed E-state index contributed by atoms with van der Waals surface area (Å²) < 4.78 is 16.5. The van der Waals surface area contributed by atoms with Crippen LogP contribution >= 0.6 is 0 Å². The smallest absolute Gasteiger partial charge is 0.191 e. The van der Waals surface area contributed by atoms with Crippen LogP contribution in [0, 0.1) is 12.8 Å². The van der Waals surface area contributed by atoms with Crippen molar-refractivity contribution in [2.45, 2.75) is 26.3 Å². The number of hydrogen-bond acceptors (Lipinski definition) is 4. The van der Waals surface area contributed by atoms with Gasteiger partial charge in [0, 0.05) is 44.8 Å². The van der Waals surface area contributed by atoms with Crippen LogP contribution in [0.4, 0.5) is 0 Å². The summed E-state index contributed by atoms with van der Waals surface area (Å²) in [6.07, 6.45) is 2.07. The third kappa shape index (κ3) is 6.92. The van der Waals surface area contributed by atoms with E-state index in [4.69, 9.17) is 14.2 Å². The molecule has 25 heavy (non-hydrogen) atoms. The molecular formula is C19H31N3O3. The Bertz CT molecular complexity index is 543. The van der Waals surface area contributed by atoms with Crippen LogP contribution < -0.4 is 15.4 Å². The number of methoxy groups -OCH3 is 1. The molecule has 2 rings (SSSR count). The van der Waals surface area contributed by atoms with Crippen molar-refractivity contribution >= 4 is 5.96 Å². The highest BCUT2D eigenvalue weighted by Crippen LogP contribution is 2.19. The van der Waals surface area contributed by atoms with Gasteiger partial charge >= 0.3 is 0 Å². The first-order valence-electron chi connectivity index (χ1n) is 8.96. The molecule has 0 bridgehead atoms. The quantitative estimate of drug-likeness (QED) is 0.406. The van der Waals surface area contributed by atoms with E-state index in [1.54, 1.807) is 14.2 Å². The van der Waals surface area contributed by atoms with Gasteiger partial charge in [0.25, 0.3) is 0 Å². The minimum absolute atomic E-state index is 0.576. The highest BCUT2D eigenvalue weighted by molar-refractivity contribution is 5.79. The van der Waals surface area contributed by atoms with E-state index in [1.165, 1.54) is 5.56 Å². The molecule has 1 saturated heterocycles. The second kappa shape index (κ2) is 10.9. The number of nitrogens with one attached hydrogen (secondary N) is 2. The van der Waals surface area contributed by atoms with Crippen LogP contribution in [0.15, 0.2) is 23.2 Å². The lowest BCUT2D eigenvalue weighted by Gasteiger charge is -2.14. The zero-order chi connectivity index (χ0) is 17.9. The van der Waals surface area contributed by atoms with E-state index in [0.717, 1.165) is 63.1 Å². The van der Waals surface area contributed by atoms with Crippen LogP contribution in [0.1, 0.15) is 24.0 Å². The summed E-state index contributed by atoms with van der Waals surface area (Å²) in [5, 5.41) is 6.63. The van der Waals surface area contributed by atoms with Crippen molar-refractivity contribution in [2.75, 3.05) is 47.1 Å². The van der Waals surface area contributed by atoms with Gasteiger partial charge in [-0.15, -0.1) is 0 Å². The molecule has 140 valence electrons. The molecule has 1 aliphatic heterocycles. The summed E-state index contributed by atoms with van der Waals surface area (Å²) >= 11 is 0. The second-order valence-corrected chi connectivity index (χ2v) is 6.33. The maximum Gasteiger partial charge on any atom is 0.191 e. The zero-order valence-electron chi connectivity index (χ0n) is 15.6. The molecule has 6 heteroatoms. The van der Waals surface area contributed by atoms with Gasteiger partial charge in [-0.25, -0.2) is 0 Å². The van der Waals surface area contributed by atoms with Gasteiger partial charge in [-0.05, 0) is 31.4 Å². The van der Waals surface area contributed by atoms with Crippen LogP contribution in [0.2, 0.25) is 0 Å². The average molecular weight is 349 g/mol. The lowest BCUT2D eigenvalue weighted by molar-refractivity contribution is 0.0888. The molecule has 1 unspecified atom stereocenters. The van der Waals surface area contributed by atoms with Crippen LogP contribution in [0.5, 0.6) is 5.75 Å². The second-order valence-electron chi connectivity index (χ2n) is 6.33. The van der Waals surface area contributed by atoms with Gasteiger partial charge in [-0.2, -0.15) is 0 Å². The number of aliphatic imine (C=N–C) groups is 1. The lowest BCUT2D eigenvalue weighted by Crippen LogP contribution is -2.37. The first kappa shape index (κ1) is 19.5. The van der Waals surface area contributed by atoms with Crippen molar-refractivity contribution in [3.8, 4) is 5.75 Å². The first-order valence-corrected chi connectivity index (χ1v) is 8.96. The number of rotatable bonds is 9. The molecule has 0 saturated carbocycles. The third-order valence-corrected chi connectivity index (χ3v) is 4.25. The number of benzene rings is 1. The fraction of sp³-hybridized carbons (Fsp3) is 0.632. The number of aryl methyl sites for hydroxylation is 1. The molecule has 1 fully saturated rings. The van der Waals surface area contributed by atoms with E-state index in [2.05, 4.69) is 34.7 Å². The van der Waals surface area contributed by atoms with E-state index >= 15 is 0 Å². The largest absolute Gasteiger partial charge is 0.496 e. The van der Waals surface area contributed by atoms with E-state index in [9.17, 15) is 0 Å². The molecule has 6 nitrogen and oxygen atoms in total. The molecule has 0 aromatic heterocycles. The Morgan fingerprint density at radius 2 is 2.24 bits per heavy atom. The van der Waals surface area contributed by atoms with Crippen LogP contribution in [0.3, 0.4) is 0 Å². The predicted octanol–water partition coefficient (Wildman–Crippen LogP) is 2.11. The van der Waals surface area contributed by atoms with Crippen molar-refractivity contribution in [2.24, 2.45) is 10.9 Å². The monoisotopic (exact) mass is 349 g/mol. The normalized spacial score (nSPS) is 17.6. The van der Waals surface area contributed by atoms with Crippen LogP contribution in [-0.4, -0.2) is 53.1 Å². The molecule has 0 aliphatic carbocycles. The van der Waals surface area contributed by atoms with Crippen molar-refractivity contribution in [1.82, 2.24) is 10.6 Å². The number of ether oxygens (including phenoxy) is 3. The summed E-state index contributed by atoms with van der Waals surface area (Å²) in [5.41, 5.74) is 2.30. The van der Waals surface area contributed by atoms with Gasteiger partial charge in [-0.1, -0.05) is 12.1 Å². The SMILES string of the molecule is CN=C(NCCCOCC1CCOC1)NCc1ccc(C)cc1OC. The maximum atomic E-state index is 5.71. The molecule has 1 atom stereocenters. The van der Waals surface area contributed by atoms with Crippen molar-refractivity contribution in [1.29, 1.82) is 0 Å². The fourth-order valence-electron chi connectivity index (χ4n) is 2.74. The maximum absolute atomic E-state index is 5.71. The van der Waals surface area contributed by atoms with Gasteiger partial charge < -0.3 is 24.8 Å². The van der Waals surface area contributed by atoms with Gasteiger partial charge in [0.05, 0.1) is 20.3 Å². The lowest BCUT2D eigenvalue weighted by atomic mass is 10.1. The molecule has 0 radical (unpaired) electrons. The molecular weight excluding hydrogens is 318 g/mol. The Hall–Kier alpha value is -1.79. The molecule has 0 amide bonds. The molecule has 1 aliphatic rings. The van der Waals surface area contributed by atoms with Gasteiger partial charge in [0.1, 0.15) is 5.75 Å². The average Bonchev–Trinajstić information content (AvgIpc) is 3.14. The Labute approximate surface area is 151 Å². The molecule has 0 spiro atoms. The summed E-state index contributed by atoms with van der Waals surface area (Å²) in [6.45, 7) is 6.84. The van der Waals surface area contributed by atoms with Crippen molar-refractivity contribution in [3.63, 3.8) is 0 Å². The third-order valence-electron chi connectivity index (χ3n) is 4.25. The van der Waals surface area contributed by atoms with E-state index in [1.807, 2.05) is 6.07 Å². The standard InChI is InChI=1S/C19H31N3O3/c1-15-5-6-17(18(11-15)23-3)12-22-19(20-2)21-8-4-9-24-13-16-7-10-25-14-16/h5-6,11,16H,4,7-10,12-14H2,1-3H3,(H2,20,21,22). The van der Waals surface area contributed by atoms with E-state index < -0.39 is 0 Å². The topological polar surface area (TPSA) is 64.1 Å². The number of nitrogens with zero attached hydrogens (tertiary/aromatic N) is 1. The summed E-state index contributed by atoms with van der Waals surface area (Å²) in [7, 11) is 3.47. The Morgan fingerprint density at radius 3 is 2.96 bits per heavy atom. The number of hydrogen-bond donors (Lipinski definition) is 2. The molecule has 1 aromatic rings. The van der Waals surface area contributed by atoms with Crippen molar-refractivity contribution in [3.05, 3.63) is 29.3 Å². The van der Waals surface area contributed by atoms with Gasteiger partial charge in [0.15, 0.2) is 5.96 Å². The van der Waals surface area contributed by atoms with Crippen LogP contribution in [-0.2, 0) is 16.0 Å². The van der Waals surface area contributed by atoms with Gasteiger partial charge in [0.2, 0.25) is 0 Å². The fourth-order valence-corrected chi connectivity index (χ4v) is 2.74. The summed E-state index contributed by atoms with van der Waals surface area (Å²) in [6, 6.07) is 6.21. The highest BCUT2D eigenvalue weighted by Gasteiger charge is 2.15. The Balaban J connectivity index is 1.62. The summed E-state index contributed by atoms with van der Waals surface area (Å²) in [5.74, 6) is 2.26. The minimum Gasteiger partial charge on any atom is -0.496 e. The summed E-state index contributed by atoms with van der Waals surface area (Å²) in [4.78, 5) is 4.25.